The molecule has 0 fully saturated rings. The molecular weight excluding hydrogens is 394 g/mol. The van der Waals surface area contributed by atoms with Crippen molar-refractivity contribution in [3.8, 4) is 11.5 Å². The van der Waals surface area contributed by atoms with Gasteiger partial charge in [0.1, 0.15) is 0 Å². The fourth-order valence-electron chi connectivity index (χ4n) is 2.36. The molecule has 1 N–H and O–H groups in total. The topological polar surface area (TPSA) is 117 Å². The number of carbonyl (C=O) groups excluding carboxylic acids is 2. The summed E-state index contributed by atoms with van der Waals surface area (Å²) < 4.78 is 39.2. The minimum atomic E-state index is -3.78. The number of hydrogen-bond acceptors (Lipinski definition) is 7. The number of carbonyl (C=O) groups is 2. The number of alkyl halides is 2. The second-order valence-corrected chi connectivity index (χ2v) is 5.63. The molecule has 2 aromatic rings. The zero-order valence-corrected chi connectivity index (χ0v) is 14.5. The van der Waals surface area contributed by atoms with Crippen LogP contribution in [0.2, 0.25) is 0 Å². The number of anilines is 1. The summed E-state index contributed by atoms with van der Waals surface area (Å²) in [7, 11) is 0. The SMILES string of the molecule is O=C(COC(=O)/C=C/c1ccccc1[N+](=O)[O-])Nc1ccc2c(c1)OC(F)(F)O2. The number of nitrogens with zero attached hydrogens (tertiary/aromatic N) is 1. The number of benzene rings is 2. The second-order valence-electron chi connectivity index (χ2n) is 5.63. The van der Waals surface area contributed by atoms with Crippen LogP contribution >= 0.6 is 0 Å². The molecule has 0 atom stereocenters. The maximum absolute atomic E-state index is 13.0. The van der Waals surface area contributed by atoms with E-state index in [0.717, 1.165) is 12.1 Å². The lowest BCUT2D eigenvalue weighted by atomic mass is 10.1. The number of nitro benzene ring substituents is 1. The first-order valence-corrected chi connectivity index (χ1v) is 8.01. The van der Waals surface area contributed by atoms with E-state index in [1.807, 2.05) is 0 Å². The number of amides is 1. The van der Waals surface area contributed by atoms with Crippen LogP contribution in [0.5, 0.6) is 11.5 Å². The minimum absolute atomic E-state index is 0.126. The van der Waals surface area contributed by atoms with Crippen LogP contribution in [-0.2, 0) is 14.3 Å². The van der Waals surface area contributed by atoms with Gasteiger partial charge in [-0.1, -0.05) is 12.1 Å². The van der Waals surface area contributed by atoms with Crippen molar-refractivity contribution in [2.45, 2.75) is 6.29 Å². The smallest absolute Gasteiger partial charge is 0.452 e. The maximum atomic E-state index is 13.0. The molecule has 0 bridgehead atoms. The van der Waals surface area contributed by atoms with Crippen LogP contribution in [0.4, 0.5) is 20.2 Å². The monoisotopic (exact) mass is 406 g/mol. The van der Waals surface area contributed by atoms with Crippen LogP contribution in [0.3, 0.4) is 0 Å². The molecule has 150 valence electrons. The molecule has 0 aromatic heterocycles. The summed E-state index contributed by atoms with van der Waals surface area (Å²) in [5.74, 6) is -2.07. The first kappa shape index (κ1) is 19.7. The summed E-state index contributed by atoms with van der Waals surface area (Å²) in [5.41, 5.74) is 0.125. The largest absolute Gasteiger partial charge is 0.586 e. The standard InChI is InChI=1S/C18H12F2N2O7/c19-18(20)28-14-7-6-12(9-15(14)29-18)21-16(23)10-27-17(24)8-5-11-3-1-2-4-13(11)22(25)26/h1-9H,10H2,(H,21,23)/b8-5+. The lowest BCUT2D eigenvalue weighted by molar-refractivity contribution is -0.385. The van der Waals surface area contributed by atoms with E-state index in [1.165, 1.54) is 36.4 Å². The van der Waals surface area contributed by atoms with Crippen LogP contribution in [0, 0.1) is 10.1 Å². The molecule has 11 heteroatoms. The van der Waals surface area contributed by atoms with E-state index in [0.29, 0.717) is 0 Å². The number of ether oxygens (including phenoxy) is 3. The highest BCUT2D eigenvalue weighted by Gasteiger charge is 2.43. The van der Waals surface area contributed by atoms with Crippen LogP contribution in [0.25, 0.3) is 6.08 Å². The number of fused-ring (bicyclic) bond motifs is 1. The van der Waals surface area contributed by atoms with Gasteiger partial charge < -0.3 is 19.5 Å². The van der Waals surface area contributed by atoms with Crippen molar-refractivity contribution in [3.05, 3.63) is 64.2 Å². The highest BCUT2D eigenvalue weighted by Crippen LogP contribution is 2.42. The molecule has 0 unspecified atom stereocenters. The molecule has 29 heavy (non-hydrogen) atoms. The summed E-state index contributed by atoms with van der Waals surface area (Å²) in [6.45, 7) is -0.662. The lowest BCUT2D eigenvalue weighted by Gasteiger charge is -2.06. The summed E-state index contributed by atoms with van der Waals surface area (Å²) in [4.78, 5) is 33.8. The van der Waals surface area contributed by atoms with Crippen molar-refractivity contribution in [3.63, 3.8) is 0 Å². The van der Waals surface area contributed by atoms with Crippen LogP contribution in [-0.4, -0.2) is 29.7 Å². The molecule has 0 saturated heterocycles. The van der Waals surface area contributed by atoms with Crippen molar-refractivity contribution in [2.24, 2.45) is 0 Å². The molecule has 1 heterocycles. The number of hydrogen-bond donors (Lipinski definition) is 1. The van der Waals surface area contributed by atoms with Gasteiger partial charge in [-0.15, -0.1) is 8.78 Å². The van der Waals surface area contributed by atoms with Gasteiger partial charge in [-0.2, -0.15) is 0 Å². The van der Waals surface area contributed by atoms with Crippen LogP contribution < -0.4 is 14.8 Å². The van der Waals surface area contributed by atoms with Crippen LogP contribution in [0.15, 0.2) is 48.5 Å². The normalized spacial score (nSPS) is 13.9. The average Bonchev–Trinajstić information content (AvgIpc) is 2.98. The molecular formula is C18H12F2N2O7. The molecule has 0 aliphatic carbocycles. The lowest BCUT2D eigenvalue weighted by Crippen LogP contribution is -2.25. The van der Waals surface area contributed by atoms with Crippen molar-refractivity contribution in [1.29, 1.82) is 0 Å². The quantitative estimate of drug-likeness (QED) is 0.339. The van der Waals surface area contributed by atoms with Crippen LogP contribution in [0.1, 0.15) is 5.56 Å². The Hall–Kier alpha value is -4.02. The molecule has 1 aliphatic heterocycles. The first-order valence-electron chi connectivity index (χ1n) is 8.01. The summed E-state index contributed by atoms with van der Waals surface area (Å²) in [6, 6.07) is 9.38. The number of esters is 1. The van der Waals surface area contributed by atoms with Crippen molar-refractivity contribution < 1.29 is 37.5 Å². The fourth-order valence-corrected chi connectivity index (χ4v) is 2.36. The molecule has 3 rings (SSSR count). The van der Waals surface area contributed by atoms with Gasteiger partial charge >= 0.3 is 12.3 Å². The number of rotatable bonds is 6. The molecule has 0 spiro atoms. The van der Waals surface area contributed by atoms with Gasteiger partial charge in [-0.3, -0.25) is 14.9 Å². The zero-order chi connectivity index (χ0) is 21.0. The Balaban J connectivity index is 1.53. The number of halogens is 2. The van der Waals surface area contributed by atoms with Gasteiger partial charge in [0, 0.05) is 23.9 Å². The van der Waals surface area contributed by atoms with E-state index < -0.39 is 29.7 Å². The third kappa shape index (κ3) is 5.03. The highest BCUT2D eigenvalue weighted by atomic mass is 19.3. The van der Waals surface area contributed by atoms with E-state index in [2.05, 4.69) is 14.8 Å². The van der Waals surface area contributed by atoms with E-state index in [4.69, 9.17) is 4.74 Å². The Morgan fingerprint density at radius 2 is 1.90 bits per heavy atom. The van der Waals surface area contributed by atoms with E-state index in [9.17, 15) is 28.5 Å². The van der Waals surface area contributed by atoms with Gasteiger partial charge in [0.25, 0.3) is 11.6 Å². The molecule has 9 nitrogen and oxygen atoms in total. The third-order valence-corrected chi connectivity index (χ3v) is 3.56. The summed E-state index contributed by atoms with van der Waals surface area (Å²) in [6.07, 6.45) is -1.64. The van der Waals surface area contributed by atoms with Gasteiger partial charge in [0.05, 0.1) is 10.5 Å². The first-order chi connectivity index (χ1) is 13.7. The fraction of sp³-hybridized carbons (Fsp3) is 0.111. The van der Waals surface area contributed by atoms with Gasteiger partial charge in [0.2, 0.25) is 0 Å². The summed E-state index contributed by atoms with van der Waals surface area (Å²) >= 11 is 0. The zero-order valence-electron chi connectivity index (χ0n) is 14.5. The Morgan fingerprint density at radius 1 is 1.17 bits per heavy atom. The number of nitrogens with one attached hydrogen (secondary N) is 1. The average molecular weight is 406 g/mol. The third-order valence-electron chi connectivity index (χ3n) is 3.56. The molecule has 1 amide bonds. The van der Waals surface area contributed by atoms with E-state index in [1.54, 1.807) is 6.07 Å². The van der Waals surface area contributed by atoms with Gasteiger partial charge in [0.15, 0.2) is 18.1 Å². The summed E-state index contributed by atoms with van der Waals surface area (Å²) in [5, 5.41) is 13.2. The van der Waals surface area contributed by atoms with Crippen molar-refractivity contribution in [2.75, 3.05) is 11.9 Å². The number of nitro groups is 1. The van der Waals surface area contributed by atoms with Crippen molar-refractivity contribution in [1.82, 2.24) is 0 Å². The van der Waals surface area contributed by atoms with Gasteiger partial charge in [-0.05, 0) is 24.3 Å². The predicted octanol–water partition coefficient (Wildman–Crippen LogP) is 3.11. The second kappa shape index (κ2) is 7.92. The molecule has 0 saturated carbocycles. The molecule has 2 aromatic carbocycles. The van der Waals surface area contributed by atoms with E-state index >= 15 is 0 Å². The Bertz CT molecular complexity index is 1010. The predicted molar refractivity (Wildman–Crippen MR) is 94.4 cm³/mol. The van der Waals surface area contributed by atoms with Crippen molar-refractivity contribution >= 4 is 29.3 Å². The Kier molecular flexibility index (Phi) is 5.39. The number of para-hydroxylation sites is 1. The highest BCUT2D eigenvalue weighted by molar-refractivity contribution is 5.95. The molecule has 1 aliphatic rings. The molecule has 0 radical (unpaired) electrons. The Labute approximate surface area is 161 Å². The van der Waals surface area contributed by atoms with Gasteiger partial charge in [-0.25, -0.2) is 4.79 Å². The minimum Gasteiger partial charge on any atom is -0.452 e. The Morgan fingerprint density at radius 3 is 2.66 bits per heavy atom. The van der Waals surface area contributed by atoms with E-state index in [-0.39, 0.29) is 28.4 Å². The maximum Gasteiger partial charge on any atom is 0.586 e.